The maximum Gasteiger partial charge on any atom is 0.191 e. The molecule has 4 nitrogen and oxygen atoms in total. The van der Waals surface area contributed by atoms with E-state index in [0.29, 0.717) is 6.54 Å². The van der Waals surface area contributed by atoms with Gasteiger partial charge in [0.1, 0.15) is 5.75 Å². The van der Waals surface area contributed by atoms with E-state index >= 15 is 0 Å². The number of aliphatic imine (C=N–C) groups is 1. The second kappa shape index (κ2) is 9.60. The van der Waals surface area contributed by atoms with Crippen LogP contribution >= 0.6 is 0 Å². The minimum absolute atomic E-state index is 0.682. The summed E-state index contributed by atoms with van der Waals surface area (Å²) in [7, 11) is 1.69. The summed E-state index contributed by atoms with van der Waals surface area (Å²) in [5, 5.41) is 6.69. The Hall–Kier alpha value is -2.49. The number of hydrogen-bond donors (Lipinski definition) is 2. The van der Waals surface area contributed by atoms with Gasteiger partial charge in [-0.25, -0.2) is 4.99 Å². The molecule has 0 spiro atoms. The molecule has 128 valence electrons. The highest BCUT2D eigenvalue weighted by Crippen LogP contribution is 2.12. The zero-order chi connectivity index (χ0) is 17.2. The van der Waals surface area contributed by atoms with Crippen LogP contribution in [0.1, 0.15) is 23.6 Å². The van der Waals surface area contributed by atoms with Gasteiger partial charge in [0.25, 0.3) is 0 Å². The fourth-order valence-electron chi connectivity index (χ4n) is 2.45. The average molecular weight is 325 g/mol. The lowest BCUT2D eigenvalue weighted by Crippen LogP contribution is -2.38. The number of guanidine groups is 1. The number of methoxy groups -OCH3 is 1. The van der Waals surface area contributed by atoms with E-state index in [1.54, 1.807) is 7.11 Å². The molecule has 2 aromatic rings. The highest BCUT2D eigenvalue weighted by Gasteiger charge is 2.01. The largest absolute Gasteiger partial charge is 0.497 e. The molecule has 2 aromatic carbocycles. The van der Waals surface area contributed by atoms with Crippen LogP contribution in [0.4, 0.5) is 0 Å². The van der Waals surface area contributed by atoms with Gasteiger partial charge in [-0.2, -0.15) is 0 Å². The smallest absolute Gasteiger partial charge is 0.191 e. The number of ether oxygens (including phenoxy) is 1. The summed E-state index contributed by atoms with van der Waals surface area (Å²) in [6, 6.07) is 16.5. The van der Waals surface area contributed by atoms with Crippen molar-refractivity contribution < 1.29 is 4.74 Å². The van der Waals surface area contributed by atoms with E-state index in [2.05, 4.69) is 65.9 Å². The molecule has 0 unspecified atom stereocenters. The van der Waals surface area contributed by atoms with Crippen LogP contribution in [0.15, 0.2) is 53.5 Å². The van der Waals surface area contributed by atoms with Crippen molar-refractivity contribution in [2.45, 2.75) is 26.8 Å². The Bertz CT molecular complexity index is 667. The van der Waals surface area contributed by atoms with E-state index in [4.69, 9.17) is 4.74 Å². The topological polar surface area (TPSA) is 45.7 Å². The predicted octanol–water partition coefficient (Wildman–Crippen LogP) is 3.30. The SMILES string of the molecule is CCNC(=NCc1ccccc1C)NCCc1cccc(OC)c1. The third kappa shape index (κ3) is 5.61. The molecule has 0 aliphatic rings. The molecule has 0 saturated carbocycles. The first-order valence-electron chi connectivity index (χ1n) is 8.42. The normalized spacial score (nSPS) is 11.2. The first kappa shape index (κ1) is 17.9. The first-order valence-corrected chi connectivity index (χ1v) is 8.42. The zero-order valence-corrected chi connectivity index (χ0v) is 14.8. The molecule has 0 fully saturated rings. The van der Waals surface area contributed by atoms with Gasteiger partial charge < -0.3 is 15.4 Å². The van der Waals surface area contributed by atoms with Gasteiger partial charge in [-0.3, -0.25) is 0 Å². The maximum atomic E-state index is 5.26. The van der Waals surface area contributed by atoms with Crippen LogP contribution in [0.2, 0.25) is 0 Å². The Morgan fingerprint density at radius 3 is 2.67 bits per heavy atom. The average Bonchev–Trinajstić information content (AvgIpc) is 2.61. The summed E-state index contributed by atoms with van der Waals surface area (Å²) in [4.78, 5) is 4.68. The van der Waals surface area contributed by atoms with E-state index in [1.807, 2.05) is 12.1 Å². The van der Waals surface area contributed by atoms with Crippen molar-refractivity contribution in [3.05, 3.63) is 65.2 Å². The van der Waals surface area contributed by atoms with Crippen molar-refractivity contribution in [1.82, 2.24) is 10.6 Å². The molecule has 0 atom stereocenters. The zero-order valence-electron chi connectivity index (χ0n) is 14.8. The van der Waals surface area contributed by atoms with Crippen molar-refractivity contribution in [3.8, 4) is 5.75 Å². The molecule has 0 aromatic heterocycles. The van der Waals surface area contributed by atoms with Gasteiger partial charge in [-0.05, 0) is 49.1 Å². The molecule has 2 rings (SSSR count). The minimum Gasteiger partial charge on any atom is -0.497 e. The quantitative estimate of drug-likeness (QED) is 0.606. The van der Waals surface area contributed by atoms with E-state index in [1.165, 1.54) is 16.7 Å². The van der Waals surface area contributed by atoms with Gasteiger partial charge in [0.2, 0.25) is 0 Å². The summed E-state index contributed by atoms with van der Waals surface area (Å²) in [5.74, 6) is 1.75. The monoisotopic (exact) mass is 325 g/mol. The molecular formula is C20H27N3O. The molecule has 0 amide bonds. The molecule has 0 heterocycles. The highest BCUT2D eigenvalue weighted by molar-refractivity contribution is 5.79. The van der Waals surface area contributed by atoms with Crippen LogP contribution in [-0.2, 0) is 13.0 Å². The van der Waals surface area contributed by atoms with E-state index in [9.17, 15) is 0 Å². The van der Waals surface area contributed by atoms with Gasteiger partial charge >= 0.3 is 0 Å². The summed E-state index contributed by atoms with van der Waals surface area (Å²) in [6.45, 7) is 6.55. The van der Waals surface area contributed by atoms with E-state index in [0.717, 1.165) is 31.2 Å². The lowest BCUT2D eigenvalue weighted by atomic mass is 10.1. The van der Waals surface area contributed by atoms with Gasteiger partial charge in [0.15, 0.2) is 5.96 Å². The summed E-state index contributed by atoms with van der Waals surface area (Å²) in [5.41, 5.74) is 3.77. The fraction of sp³-hybridized carbons (Fsp3) is 0.350. The second-order valence-electron chi connectivity index (χ2n) is 5.65. The third-order valence-corrected chi connectivity index (χ3v) is 3.85. The van der Waals surface area contributed by atoms with Crippen LogP contribution in [-0.4, -0.2) is 26.2 Å². The summed E-state index contributed by atoms with van der Waals surface area (Å²) >= 11 is 0. The van der Waals surface area contributed by atoms with Crippen molar-refractivity contribution in [2.75, 3.05) is 20.2 Å². The van der Waals surface area contributed by atoms with E-state index < -0.39 is 0 Å². The standard InChI is InChI=1S/C20H27N3O/c1-4-21-20(23-15-18-10-6-5-8-16(18)2)22-13-12-17-9-7-11-19(14-17)24-3/h5-11,14H,4,12-13,15H2,1-3H3,(H2,21,22,23). The van der Waals surface area contributed by atoms with Crippen LogP contribution < -0.4 is 15.4 Å². The Kier molecular flexibility index (Phi) is 7.15. The Balaban J connectivity index is 1.90. The molecular weight excluding hydrogens is 298 g/mol. The van der Waals surface area contributed by atoms with Gasteiger partial charge in [-0.1, -0.05) is 36.4 Å². The number of aryl methyl sites for hydroxylation is 1. The molecule has 2 N–H and O–H groups in total. The van der Waals surface area contributed by atoms with Crippen LogP contribution in [0.3, 0.4) is 0 Å². The second-order valence-corrected chi connectivity index (χ2v) is 5.65. The van der Waals surface area contributed by atoms with Gasteiger partial charge in [0.05, 0.1) is 13.7 Å². The van der Waals surface area contributed by atoms with Crippen molar-refractivity contribution in [3.63, 3.8) is 0 Å². The van der Waals surface area contributed by atoms with Crippen molar-refractivity contribution in [2.24, 2.45) is 4.99 Å². The van der Waals surface area contributed by atoms with Crippen molar-refractivity contribution >= 4 is 5.96 Å². The molecule has 4 heteroatoms. The number of nitrogens with one attached hydrogen (secondary N) is 2. The number of nitrogens with zero attached hydrogens (tertiary/aromatic N) is 1. The molecule has 0 saturated heterocycles. The van der Waals surface area contributed by atoms with Crippen LogP contribution in [0, 0.1) is 6.92 Å². The minimum atomic E-state index is 0.682. The number of hydrogen-bond acceptors (Lipinski definition) is 2. The third-order valence-electron chi connectivity index (χ3n) is 3.85. The molecule has 24 heavy (non-hydrogen) atoms. The predicted molar refractivity (Wildman–Crippen MR) is 101 cm³/mol. The molecule has 0 aliphatic carbocycles. The number of benzene rings is 2. The van der Waals surface area contributed by atoms with Crippen LogP contribution in [0.5, 0.6) is 5.75 Å². The Morgan fingerprint density at radius 2 is 1.92 bits per heavy atom. The fourth-order valence-corrected chi connectivity index (χ4v) is 2.45. The lowest BCUT2D eigenvalue weighted by molar-refractivity contribution is 0.414. The molecule has 0 aliphatic heterocycles. The molecule has 0 radical (unpaired) electrons. The maximum absolute atomic E-state index is 5.26. The highest BCUT2D eigenvalue weighted by atomic mass is 16.5. The van der Waals surface area contributed by atoms with Gasteiger partial charge in [-0.15, -0.1) is 0 Å². The Morgan fingerprint density at radius 1 is 1.08 bits per heavy atom. The summed E-state index contributed by atoms with van der Waals surface area (Å²) < 4.78 is 5.26. The lowest BCUT2D eigenvalue weighted by Gasteiger charge is -2.12. The Labute approximate surface area is 145 Å². The molecule has 0 bridgehead atoms. The first-order chi connectivity index (χ1) is 11.7. The summed E-state index contributed by atoms with van der Waals surface area (Å²) in [6.07, 6.45) is 0.923. The van der Waals surface area contributed by atoms with Crippen LogP contribution in [0.25, 0.3) is 0 Å². The van der Waals surface area contributed by atoms with Crippen molar-refractivity contribution in [1.29, 1.82) is 0 Å². The van der Waals surface area contributed by atoms with Gasteiger partial charge in [0, 0.05) is 13.1 Å². The van der Waals surface area contributed by atoms with E-state index in [-0.39, 0.29) is 0 Å². The number of rotatable bonds is 7.